The molecule has 7 heteroatoms. The van der Waals surface area contributed by atoms with Crippen molar-refractivity contribution in [2.24, 2.45) is 0 Å². The van der Waals surface area contributed by atoms with E-state index in [1.165, 1.54) is 31.4 Å². The molecular formula is C12H14F3NO3. The molecule has 1 aromatic carbocycles. The average molecular weight is 277 g/mol. The number of rotatable bonds is 5. The summed E-state index contributed by atoms with van der Waals surface area (Å²) in [5.74, 6) is -0.832. The van der Waals surface area contributed by atoms with Crippen LogP contribution < -0.4 is 10.1 Å². The molecule has 1 rings (SSSR count). The van der Waals surface area contributed by atoms with E-state index in [4.69, 9.17) is 0 Å². The van der Waals surface area contributed by atoms with Crippen LogP contribution in [-0.2, 0) is 9.53 Å². The van der Waals surface area contributed by atoms with Crippen molar-refractivity contribution >= 4 is 11.7 Å². The molecule has 0 aliphatic carbocycles. The number of benzene rings is 1. The van der Waals surface area contributed by atoms with Crippen molar-refractivity contribution < 1.29 is 27.4 Å². The van der Waals surface area contributed by atoms with Gasteiger partial charge in [0.05, 0.1) is 7.11 Å². The smallest absolute Gasteiger partial charge is 0.467 e. The molecule has 0 bridgehead atoms. The van der Waals surface area contributed by atoms with Gasteiger partial charge in [-0.15, -0.1) is 13.2 Å². The number of ether oxygens (including phenoxy) is 2. The number of carbonyl (C=O) groups excluding carboxylic acids is 1. The summed E-state index contributed by atoms with van der Waals surface area (Å²) >= 11 is 0. The fraction of sp³-hybridized carbons (Fsp3) is 0.417. The van der Waals surface area contributed by atoms with Crippen molar-refractivity contribution in [3.63, 3.8) is 0 Å². The van der Waals surface area contributed by atoms with Gasteiger partial charge in [0, 0.05) is 11.8 Å². The van der Waals surface area contributed by atoms with Crippen molar-refractivity contribution in [1.29, 1.82) is 0 Å². The first-order valence-electron chi connectivity index (χ1n) is 5.56. The lowest BCUT2D eigenvalue weighted by Gasteiger charge is -2.16. The molecule has 0 aromatic heterocycles. The van der Waals surface area contributed by atoms with E-state index in [1.807, 2.05) is 0 Å². The van der Waals surface area contributed by atoms with Gasteiger partial charge in [-0.3, -0.25) is 0 Å². The maximum absolute atomic E-state index is 12.1. The lowest BCUT2D eigenvalue weighted by molar-refractivity contribution is -0.274. The lowest BCUT2D eigenvalue weighted by atomic mass is 10.2. The molecule has 1 aromatic rings. The van der Waals surface area contributed by atoms with E-state index in [-0.39, 0.29) is 5.75 Å². The van der Waals surface area contributed by atoms with Gasteiger partial charge in [0.25, 0.3) is 0 Å². The molecule has 106 valence electrons. The van der Waals surface area contributed by atoms with Gasteiger partial charge in [-0.1, -0.05) is 13.0 Å². The number of anilines is 1. The van der Waals surface area contributed by atoms with E-state index in [9.17, 15) is 18.0 Å². The van der Waals surface area contributed by atoms with Gasteiger partial charge >= 0.3 is 12.3 Å². The molecule has 0 aliphatic heterocycles. The molecule has 0 aliphatic rings. The van der Waals surface area contributed by atoms with Gasteiger partial charge in [-0.25, -0.2) is 4.79 Å². The maximum atomic E-state index is 12.1. The molecule has 4 nitrogen and oxygen atoms in total. The Labute approximate surface area is 108 Å². The highest BCUT2D eigenvalue weighted by Crippen LogP contribution is 2.25. The first kappa shape index (κ1) is 15.1. The Morgan fingerprint density at radius 2 is 2.11 bits per heavy atom. The third-order valence-corrected chi connectivity index (χ3v) is 2.30. The minimum Gasteiger partial charge on any atom is -0.467 e. The van der Waals surface area contributed by atoms with Crippen LogP contribution in [-0.4, -0.2) is 25.5 Å². The predicted octanol–water partition coefficient (Wildman–Crippen LogP) is 2.95. The number of hydrogen-bond donors (Lipinski definition) is 1. The van der Waals surface area contributed by atoms with Crippen molar-refractivity contribution in [2.45, 2.75) is 25.7 Å². The normalized spacial score (nSPS) is 12.7. The second kappa shape index (κ2) is 6.31. The number of alkyl halides is 3. The van der Waals surface area contributed by atoms with Crippen molar-refractivity contribution in [3.05, 3.63) is 24.3 Å². The van der Waals surface area contributed by atoms with Crippen LogP contribution in [0.2, 0.25) is 0 Å². The van der Waals surface area contributed by atoms with Crippen LogP contribution in [0.1, 0.15) is 13.3 Å². The fourth-order valence-corrected chi connectivity index (χ4v) is 1.45. The molecule has 0 heterocycles. The Kier molecular flexibility index (Phi) is 5.02. The summed E-state index contributed by atoms with van der Waals surface area (Å²) < 4.78 is 44.6. The highest BCUT2D eigenvalue weighted by atomic mass is 19.4. The Morgan fingerprint density at radius 3 is 2.63 bits per heavy atom. The van der Waals surface area contributed by atoms with Gasteiger partial charge in [-0.05, 0) is 18.6 Å². The summed E-state index contributed by atoms with van der Waals surface area (Å²) in [5.41, 5.74) is 0.346. The van der Waals surface area contributed by atoms with Crippen LogP contribution in [0.15, 0.2) is 24.3 Å². The van der Waals surface area contributed by atoms with Gasteiger partial charge in [0.1, 0.15) is 11.8 Å². The number of esters is 1. The third-order valence-electron chi connectivity index (χ3n) is 2.30. The Morgan fingerprint density at radius 1 is 1.42 bits per heavy atom. The van der Waals surface area contributed by atoms with Crippen LogP contribution in [0.5, 0.6) is 5.75 Å². The molecule has 0 saturated heterocycles. The summed E-state index contributed by atoms with van der Waals surface area (Å²) in [4.78, 5) is 11.4. The molecule has 0 fully saturated rings. The van der Waals surface area contributed by atoms with Crippen molar-refractivity contribution in [1.82, 2.24) is 0 Å². The zero-order valence-corrected chi connectivity index (χ0v) is 10.5. The van der Waals surface area contributed by atoms with Crippen LogP contribution in [0, 0.1) is 0 Å². The second-order valence-corrected chi connectivity index (χ2v) is 3.70. The highest BCUT2D eigenvalue weighted by Gasteiger charge is 2.31. The van der Waals surface area contributed by atoms with E-state index in [0.717, 1.165) is 0 Å². The van der Waals surface area contributed by atoms with Crippen LogP contribution in [0.3, 0.4) is 0 Å². The third kappa shape index (κ3) is 5.07. The van der Waals surface area contributed by atoms with E-state index in [1.54, 1.807) is 6.92 Å². The molecule has 0 spiro atoms. The molecule has 1 N–H and O–H groups in total. The van der Waals surface area contributed by atoms with Crippen LogP contribution in [0.4, 0.5) is 18.9 Å². The summed E-state index contributed by atoms with van der Waals surface area (Å²) in [6, 6.07) is 4.66. The van der Waals surface area contributed by atoms with Crippen molar-refractivity contribution in [3.8, 4) is 5.75 Å². The Bertz CT molecular complexity index is 434. The molecule has 0 amide bonds. The van der Waals surface area contributed by atoms with E-state index in [2.05, 4.69) is 14.8 Å². The maximum Gasteiger partial charge on any atom is 0.573 e. The summed E-state index contributed by atoms with van der Waals surface area (Å²) in [5, 5.41) is 2.78. The lowest BCUT2D eigenvalue weighted by Crippen LogP contribution is -2.29. The van der Waals surface area contributed by atoms with Gasteiger partial charge in [0.15, 0.2) is 0 Å². The van der Waals surface area contributed by atoms with Crippen LogP contribution in [0.25, 0.3) is 0 Å². The number of halogens is 3. The fourth-order valence-electron chi connectivity index (χ4n) is 1.45. The minimum atomic E-state index is -4.74. The zero-order chi connectivity index (χ0) is 14.5. The van der Waals surface area contributed by atoms with Gasteiger partial charge in [-0.2, -0.15) is 0 Å². The largest absolute Gasteiger partial charge is 0.573 e. The second-order valence-electron chi connectivity index (χ2n) is 3.70. The zero-order valence-electron chi connectivity index (χ0n) is 10.5. The number of methoxy groups -OCH3 is 1. The molecule has 1 atom stereocenters. The highest BCUT2D eigenvalue weighted by molar-refractivity contribution is 5.79. The summed E-state index contributed by atoms with van der Waals surface area (Å²) in [7, 11) is 1.25. The van der Waals surface area contributed by atoms with E-state index < -0.39 is 18.4 Å². The van der Waals surface area contributed by atoms with E-state index in [0.29, 0.717) is 12.1 Å². The Hall–Kier alpha value is -1.92. The number of carbonyl (C=O) groups is 1. The standard InChI is InChI=1S/C12H14F3NO3/c1-3-10(11(17)18-2)16-8-5-4-6-9(7-8)19-12(13,14)15/h4-7,10,16H,3H2,1-2H3. The minimum absolute atomic E-state index is 0.346. The molecular weight excluding hydrogens is 263 g/mol. The monoisotopic (exact) mass is 277 g/mol. The van der Waals surface area contributed by atoms with Gasteiger partial charge < -0.3 is 14.8 Å². The molecule has 19 heavy (non-hydrogen) atoms. The summed E-state index contributed by atoms with van der Waals surface area (Å²) in [6.45, 7) is 1.75. The quantitative estimate of drug-likeness (QED) is 0.841. The molecule has 1 unspecified atom stereocenters. The first-order chi connectivity index (χ1) is 8.85. The Balaban J connectivity index is 2.79. The van der Waals surface area contributed by atoms with Crippen molar-refractivity contribution in [2.75, 3.05) is 12.4 Å². The SMILES string of the molecule is CCC(Nc1cccc(OC(F)(F)F)c1)C(=O)OC. The number of hydrogen-bond acceptors (Lipinski definition) is 4. The first-order valence-corrected chi connectivity index (χ1v) is 5.56. The van der Waals surface area contributed by atoms with Gasteiger partial charge in [0.2, 0.25) is 0 Å². The predicted molar refractivity (Wildman–Crippen MR) is 62.8 cm³/mol. The van der Waals surface area contributed by atoms with Crippen LogP contribution >= 0.6 is 0 Å². The molecule has 0 saturated carbocycles. The number of nitrogens with one attached hydrogen (secondary N) is 1. The molecule has 0 radical (unpaired) electrons. The average Bonchev–Trinajstić information content (AvgIpc) is 2.33. The van der Waals surface area contributed by atoms with E-state index >= 15 is 0 Å². The summed E-state index contributed by atoms with van der Waals surface area (Å²) in [6.07, 6.45) is -4.30. The topological polar surface area (TPSA) is 47.6 Å².